The van der Waals surface area contributed by atoms with Crippen LogP contribution in [0.1, 0.15) is 12.8 Å². The summed E-state index contributed by atoms with van der Waals surface area (Å²) in [4.78, 5) is 23.5. The minimum atomic E-state index is -0.681. The molecule has 1 aliphatic heterocycles. The van der Waals surface area contributed by atoms with E-state index in [1.165, 1.54) is 6.07 Å². The highest BCUT2D eigenvalue weighted by atomic mass is 35.5. The average molecular weight is 421 g/mol. The summed E-state index contributed by atoms with van der Waals surface area (Å²) in [5.74, 6) is 0.805. The molecule has 150 valence electrons. The van der Waals surface area contributed by atoms with Crippen LogP contribution in [0.5, 0.6) is 5.75 Å². The van der Waals surface area contributed by atoms with Gasteiger partial charge in [0.15, 0.2) is 0 Å². The Hall–Kier alpha value is -1.90. The van der Waals surface area contributed by atoms with Crippen molar-refractivity contribution in [2.24, 2.45) is 0 Å². The second kappa shape index (κ2) is 11.7. The van der Waals surface area contributed by atoms with Gasteiger partial charge in [0, 0.05) is 12.3 Å². The zero-order valence-corrected chi connectivity index (χ0v) is 16.2. The molecule has 1 fully saturated rings. The highest BCUT2D eigenvalue weighted by Gasteiger charge is 2.18. The zero-order valence-electron chi connectivity index (χ0n) is 14.7. The number of alkyl halides is 2. The zero-order chi connectivity index (χ0) is 19.5. The number of carbonyl (C=O) groups is 2. The van der Waals surface area contributed by atoms with Gasteiger partial charge in [-0.3, -0.25) is 10.6 Å². The van der Waals surface area contributed by atoms with E-state index >= 15 is 0 Å². The molecule has 1 unspecified atom stereocenters. The van der Waals surface area contributed by atoms with Crippen molar-refractivity contribution in [2.45, 2.75) is 18.9 Å². The quantitative estimate of drug-likeness (QED) is 0.589. The maximum Gasteiger partial charge on any atom is 0.411 e. The van der Waals surface area contributed by atoms with Crippen LogP contribution in [0.15, 0.2) is 18.2 Å². The molecule has 10 heteroatoms. The van der Waals surface area contributed by atoms with Crippen LogP contribution < -0.4 is 15.4 Å². The largest absolute Gasteiger partial charge is 0.489 e. The molecule has 8 nitrogen and oxygen atoms in total. The molecule has 2 amide bonds. The second-order valence-electron chi connectivity index (χ2n) is 5.56. The van der Waals surface area contributed by atoms with E-state index in [1.807, 2.05) is 0 Å². The molecule has 1 aromatic carbocycles. The first-order valence-corrected chi connectivity index (χ1v) is 9.57. The average Bonchev–Trinajstić information content (AvgIpc) is 3.17. The first-order chi connectivity index (χ1) is 13.1. The third-order valence-corrected chi connectivity index (χ3v) is 3.84. The molecule has 0 aliphatic carbocycles. The van der Waals surface area contributed by atoms with Crippen LogP contribution in [0, 0.1) is 0 Å². The van der Waals surface area contributed by atoms with Crippen molar-refractivity contribution in [2.75, 3.05) is 48.8 Å². The first kappa shape index (κ1) is 21.4. The fraction of sp³-hybridized carbons (Fsp3) is 0.529. The SMILES string of the molecule is O=C(Nc1ccc(OCC2CCCO2)c(NC(=O)OCCCl)c1)OCCCl. The standard InChI is InChI=1S/C17H22Cl2N2O6/c18-5-8-25-16(22)20-12-3-4-15(27-11-13-2-1-7-24-13)14(10-12)21-17(23)26-9-6-19/h3-4,10,13H,1-2,5-9,11H2,(H,20,22)(H,21,23). The lowest BCUT2D eigenvalue weighted by atomic mass is 10.2. The Morgan fingerprint density at radius 2 is 1.81 bits per heavy atom. The molecule has 0 aromatic heterocycles. The van der Waals surface area contributed by atoms with Gasteiger partial charge >= 0.3 is 12.2 Å². The highest BCUT2D eigenvalue weighted by Crippen LogP contribution is 2.29. The first-order valence-electron chi connectivity index (χ1n) is 8.50. The van der Waals surface area contributed by atoms with Gasteiger partial charge in [0.1, 0.15) is 25.6 Å². The second-order valence-corrected chi connectivity index (χ2v) is 6.31. The predicted molar refractivity (Wildman–Crippen MR) is 102 cm³/mol. The van der Waals surface area contributed by atoms with Gasteiger partial charge in [0.05, 0.1) is 23.6 Å². The Kier molecular flexibility index (Phi) is 9.30. The maximum atomic E-state index is 11.9. The van der Waals surface area contributed by atoms with Crippen molar-refractivity contribution in [3.63, 3.8) is 0 Å². The molecule has 1 aliphatic rings. The van der Waals surface area contributed by atoms with Crippen LogP contribution in [-0.2, 0) is 14.2 Å². The minimum Gasteiger partial charge on any atom is -0.489 e. The van der Waals surface area contributed by atoms with Crippen LogP contribution in [0.4, 0.5) is 21.0 Å². The number of rotatable bonds is 9. The van der Waals surface area contributed by atoms with E-state index in [-0.39, 0.29) is 31.1 Å². The highest BCUT2D eigenvalue weighted by molar-refractivity contribution is 6.18. The van der Waals surface area contributed by atoms with Crippen molar-refractivity contribution in [1.29, 1.82) is 0 Å². The normalized spacial score (nSPS) is 15.9. The lowest BCUT2D eigenvalue weighted by Gasteiger charge is -2.16. The van der Waals surface area contributed by atoms with Crippen molar-refractivity contribution < 1.29 is 28.5 Å². The fourth-order valence-electron chi connectivity index (χ4n) is 2.35. The number of hydrogen-bond donors (Lipinski definition) is 2. The van der Waals surface area contributed by atoms with Crippen molar-refractivity contribution in [3.8, 4) is 5.75 Å². The molecular weight excluding hydrogens is 399 g/mol. The van der Waals surface area contributed by atoms with E-state index in [2.05, 4.69) is 10.6 Å². The van der Waals surface area contributed by atoms with Gasteiger partial charge in [-0.2, -0.15) is 0 Å². The van der Waals surface area contributed by atoms with Gasteiger partial charge in [0.2, 0.25) is 0 Å². The van der Waals surface area contributed by atoms with Crippen molar-refractivity contribution >= 4 is 46.8 Å². The molecule has 1 aromatic rings. The van der Waals surface area contributed by atoms with Gasteiger partial charge < -0.3 is 18.9 Å². The third-order valence-electron chi connectivity index (χ3n) is 3.53. The Morgan fingerprint density at radius 1 is 1.11 bits per heavy atom. The van der Waals surface area contributed by atoms with E-state index in [9.17, 15) is 9.59 Å². The maximum absolute atomic E-state index is 11.9. The summed E-state index contributed by atoms with van der Waals surface area (Å²) in [5.41, 5.74) is 0.745. The summed E-state index contributed by atoms with van der Waals surface area (Å²) < 4.78 is 21.1. The van der Waals surface area contributed by atoms with E-state index in [0.29, 0.717) is 23.7 Å². The molecule has 1 atom stereocenters. The Bertz CT molecular complexity index is 625. The molecule has 2 N–H and O–H groups in total. The third kappa shape index (κ3) is 7.70. The van der Waals surface area contributed by atoms with E-state index in [4.69, 9.17) is 42.1 Å². The summed E-state index contributed by atoms with van der Waals surface area (Å²) in [5, 5.41) is 5.12. The number of nitrogens with one attached hydrogen (secondary N) is 2. The lowest BCUT2D eigenvalue weighted by molar-refractivity contribution is 0.0682. The van der Waals surface area contributed by atoms with Crippen LogP contribution in [0.25, 0.3) is 0 Å². The van der Waals surface area contributed by atoms with Crippen LogP contribution in [0.3, 0.4) is 0 Å². The topological polar surface area (TPSA) is 95.1 Å². The van der Waals surface area contributed by atoms with Gasteiger partial charge in [-0.05, 0) is 31.0 Å². The molecule has 1 saturated heterocycles. The molecule has 1 heterocycles. The van der Waals surface area contributed by atoms with Gasteiger partial charge in [-0.1, -0.05) is 0 Å². The van der Waals surface area contributed by atoms with Crippen LogP contribution in [0.2, 0.25) is 0 Å². The van der Waals surface area contributed by atoms with Crippen LogP contribution >= 0.6 is 23.2 Å². The van der Waals surface area contributed by atoms with E-state index in [0.717, 1.165) is 19.4 Å². The van der Waals surface area contributed by atoms with E-state index < -0.39 is 12.2 Å². The summed E-state index contributed by atoms with van der Waals surface area (Å²) >= 11 is 11.0. The molecule has 0 saturated carbocycles. The van der Waals surface area contributed by atoms with Crippen molar-refractivity contribution in [3.05, 3.63) is 18.2 Å². The van der Waals surface area contributed by atoms with Crippen molar-refractivity contribution in [1.82, 2.24) is 0 Å². The van der Waals surface area contributed by atoms with Gasteiger partial charge in [-0.15, -0.1) is 23.2 Å². The number of ether oxygens (including phenoxy) is 4. The molecule has 27 heavy (non-hydrogen) atoms. The Morgan fingerprint density at radius 3 is 2.44 bits per heavy atom. The van der Waals surface area contributed by atoms with Gasteiger partial charge in [0.25, 0.3) is 0 Å². The Labute approximate surface area is 167 Å². The molecular formula is C17H22Cl2N2O6. The summed E-state index contributed by atoms with van der Waals surface area (Å²) in [6.07, 6.45) is 0.604. The minimum absolute atomic E-state index is 0.0179. The number of anilines is 2. The summed E-state index contributed by atoms with van der Waals surface area (Å²) in [7, 11) is 0. The molecule has 0 spiro atoms. The molecule has 2 rings (SSSR count). The van der Waals surface area contributed by atoms with Crippen LogP contribution in [-0.4, -0.2) is 56.5 Å². The molecule has 0 bridgehead atoms. The fourth-order valence-corrected chi connectivity index (χ4v) is 2.51. The molecule has 0 radical (unpaired) electrons. The number of benzene rings is 1. The smallest absolute Gasteiger partial charge is 0.411 e. The summed E-state index contributed by atoms with van der Waals surface area (Å²) in [6, 6.07) is 4.79. The number of amides is 2. The number of halogens is 2. The van der Waals surface area contributed by atoms with E-state index in [1.54, 1.807) is 12.1 Å². The predicted octanol–water partition coefficient (Wildman–Crippen LogP) is 3.82. The lowest BCUT2D eigenvalue weighted by Crippen LogP contribution is -2.19. The monoisotopic (exact) mass is 420 g/mol. The van der Waals surface area contributed by atoms with Gasteiger partial charge in [-0.25, -0.2) is 9.59 Å². The number of carbonyl (C=O) groups excluding carboxylic acids is 2. The number of hydrogen-bond acceptors (Lipinski definition) is 6. The summed E-state index contributed by atoms with van der Waals surface area (Å²) in [6.45, 7) is 1.24. The Balaban J connectivity index is 2.05.